The number of rotatable bonds is 29. The van der Waals surface area contributed by atoms with Crippen LogP contribution in [0, 0.1) is 5.92 Å². The van der Waals surface area contributed by atoms with E-state index >= 15 is 0 Å². The van der Waals surface area contributed by atoms with Crippen molar-refractivity contribution in [1.82, 2.24) is 31.9 Å². The minimum atomic E-state index is -4.41. The summed E-state index contributed by atoms with van der Waals surface area (Å²) in [4.78, 5) is 155. The second kappa shape index (κ2) is 51.7. The van der Waals surface area contributed by atoms with Gasteiger partial charge < -0.3 is 84.0 Å². The van der Waals surface area contributed by atoms with Crippen LogP contribution in [0.15, 0.2) is 48.5 Å². The number of nitrogen functional groups attached to an aromatic ring is 1. The van der Waals surface area contributed by atoms with E-state index in [1.165, 1.54) is 0 Å². The molecule has 32 nitrogen and oxygen atoms in total. The average Bonchev–Trinajstić information content (AvgIpc) is 3.38. The first-order valence-electron chi connectivity index (χ1n) is 24.1. The lowest BCUT2D eigenvalue weighted by Gasteiger charge is -2.19. The summed E-state index contributed by atoms with van der Waals surface area (Å²) < 4.78 is 11.6. The molecule has 34 heteroatoms. The molecule has 0 heterocycles. The topological polar surface area (TPSA) is 559 Å². The van der Waals surface area contributed by atoms with E-state index in [4.69, 9.17) is 76.0 Å². The number of hydrogen-bond acceptors (Lipinski definition) is 20. The lowest BCUT2D eigenvalue weighted by atomic mass is 10.1. The van der Waals surface area contributed by atoms with E-state index in [2.05, 4.69) is 44.5 Å². The Labute approximate surface area is 475 Å². The number of phenols is 1. The number of nitrogens with two attached hydrogens (primary N) is 2. The molecule has 6 amide bonds. The quantitative estimate of drug-likeness (QED) is 0.0235. The lowest BCUT2D eigenvalue weighted by Crippen LogP contribution is -2.41. The third-order valence-electron chi connectivity index (χ3n) is 9.67. The molecular weight excluding hydrogens is 1140 g/mol. The van der Waals surface area contributed by atoms with Gasteiger partial charge in [0, 0.05) is 75.3 Å². The second-order valence-electron chi connectivity index (χ2n) is 16.6. The summed E-state index contributed by atoms with van der Waals surface area (Å²) in [5.74, 6) is -9.58. The van der Waals surface area contributed by atoms with Crippen molar-refractivity contribution >= 4 is 98.0 Å². The molecule has 0 saturated carbocycles. The van der Waals surface area contributed by atoms with Crippen molar-refractivity contribution in [2.24, 2.45) is 11.7 Å². The molecule has 0 aromatic heterocycles. The first-order valence-corrected chi connectivity index (χ1v) is 26.6. The number of anilines is 1. The Morgan fingerprint density at radius 1 is 0.537 bits per heavy atom. The molecular formula is C48H73N8O24PS. The molecule has 0 aliphatic carbocycles. The Hall–Kier alpha value is -8.69. The Morgan fingerprint density at radius 2 is 0.841 bits per heavy atom. The fourth-order valence-electron chi connectivity index (χ4n) is 5.52. The highest BCUT2D eigenvalue weighted by atomic mass is 32.1. The second-order valence-corrected chi connectivity index (χ2v) is 19.5. The van der Waals surface area contributed by atoms with Gasteiger partial charge in [0.2, 0.25) is 7.37 Å². The highest BCUT2D eigenvalue weighted by Gasteiger charge is 2.38. The van der Waals surface area contributed by atoms with Gasteiger partial charge in [0.15, 0.2) is 5.78 Å². The highest BCUT2D eigenvalue weighted by Crippen LogP contribution is 2.46. The zero-order valence-corrected chi connectivity index (χ0v) is 46.8. The molecule has 0 bridgehead atoms. The molecule has 6 atom stereocenters. The number of aliphatic carboxylic acids is 6. The van der Waals surface area contributed by atoms with E-state index in [9.17, 15) is 52.6 Å². The van der Waals surface area contributed by atoms with Crippen LogP contribution in [-0.2, 0) is 74.9 Å². The minimum absolute atomic E-state index is 0.0367. The molecule has 0 radical (unpaired) electrons. The maximum Gasteiger partial charge on any atom is 0.373 e. The van der Waals surface area contributed by atoms with Gasteiger partial charge in [-0.1, -0.05) is 24.3 Å². The minimum Gasteiger partial charge on any atom is -0.508 e. The van der Waals surface area contributed by atoms with E-state index in [1.807, 2.05) is 24.3 Å². The zero-order valence-electron chi connectivity index (χ0n) is 45.0. The predicted octanol–water partition coefficient (Wildman–Crippen LogP) is 1.15. The van der Waals surface area contributed by atoms with Crippen LogP contribution in [-0.4, -0.2) is 168 Å². The van der Waals surface area contributed by atoms with Crippen molar-refractivity contribution in [2.75, 3.05) is 37.3 Å². The van der Waals surface area contributed by atoms with Crippen LogP contribution in [0.1, 0.15) is 89.7 Å². The van der Waals surface area contributed by atoms with Crippen molar-refractivity contribution < 1.29 is 117 Å². The number of carboxylic acids is 6. The zero-order chi connectivity index (χ0) is 64.2. The smallest absolute Gasteiger partial charge is 0.373 e. The largest absolute Gasteiger partial charge is 0.508 e. The highest BCUT2D eigenvalue weighted by molar-refractivity contribution is 7.80. The molecule has 0 aliphatic heterocycles. The Morgan fingerprint density at radius 3 is 1.13 bits per heavy atom. The fourth-order valence-corrected chi connectivity index (χ4v) is 7.22. The number of amides is 6. The van der Waals surface area contributed by atoms with Gasteiger partial charge in [0.05, 0.1) is 5.92 Å². The van der Waals surface area contributed by atoms with Gasteiger partial charge in [-0.05, 0) is 107 Å². The van der Waals surface area contributed by atoms with Crippen molar-refractivity contribution in [3.05, 3.63) is 59.7 Å². The molecule has 0 aliphatic rings. The van der Waals surface area contributed by atoms with Gasteiger partial charge in [0.25, 0.3) is 0 Å². The third-order valence-corrected chi connectivity index (χ3v) is 12.0. The van der Waals surface area contributed by atoms with Gasteiger partial charge in [0.1, 0.15) is 5.75 Å². The fraction of sp³-hybridized carbons (Fsp3) is 0.500. The van der Waals surface area contributed by atoms with E-state index in [0.717, 1.165) is 29.7 Å². The van der Waals surface area contributed by atoms with Crippen LogP contribution in [0.2, 0.25) is 0 Å². The van der Waals surface area contributed by atoms with Gasteiger partial charge in [-0.25, -0.2) is 19.2 Å². The summed E-state index contributed by atoms with van der Waals surface area (Å²) in [5, 5.41) is 76.4. The maximum atomic E-state index is 11.6. The number of aromatic hydroxyl groups is 1. The van der Waals surface area contributed by atoms with Gasteiger partial charge in [-0.2, -0.15) is 41.4 Å². The Bertz CT molecular complexity index is 2250. The van der Waals surface area contributed by atoms with Crippen molar-refractivity contribution in [3.63, 3.8) is 0 Å². The Balaban J connectivity index is -0.000000307. The summed E-state index contributed by atoms with van der Waals surface area (Å²) >= 11 is 4.01. The van der Waals surface area contributed by atoms with Crippen molar-refractivity contribution in [1.29, 1.82) is 0 Å². The normalized spacial score (nSPS) is 12.0. The number of carbonyl (C=O) groups excluding carboxylic acids is 9. The number of carboxylic acid groups (broad SMARTS) is 6. The molecule has 82 heavy (non-hydrogen) atoms. The molecule has 2 unspecified atom stereocenters. The Kier molecular flexibility index (Phi) is 51.8. The maximum absolute atomic E-state index is 11.6. The average molecular weight is 1210 g/mol. The van der Waals surface area contributed by atoms with Gasteiger partial charge in [-0.3, -0.25) is 28.5 Å². The number of phenolic OH excluding ortho intramolecular Hbond substituents is 1. The van der Waals surface area contributed by atoms with Crippen LogP contribution >= 0.6 is 20.0 Å². The van der Waals surface area contributed by atoms with Gasteiger partial charge in [-0.15, -0.1) is 0 Å². The summed E-state index contributed by atoms with van der Waals surface area (Å²) in [6.45, 7) is 6.90. The number of thiol groups is 1. The van der Waals surface area contributed by atoms with E-state index in [1.54, 1.807) is 45.0 Å². The van der Waals surface area contributed by atoms with Gasteiger partial charge >= 0.3 is 72.4 Å². The lowest BCUT2D eigenvalue weighted by molar-refractivity contribution is -0.193. The third kappa shape index (κ3) is 56.0. The predicted molar refractivity (Wildman–Crippen MR) is 287 cm³/mol. The van der Waals surface area contributed by atoms with Crippen LogP contribution in [0.25, 0.3) is 0 Å². The first-order chi connectivity index (χ1) is 38.3. The SMILES string of the molecule is C[C@H](CCC(=O)O)NC(=O)NCCCS.C[C@H](CCC(=O)O)NC(=O)NCCc1ccc(N)cc1.C[C@H](CCC(=O)O)NC(=O)NCCc1ccc(O)cc1.NC(C(=O)O)P(=O)(O)C[C@@H](CCC(=O)O)C(=O)O.O=C=O.O=C=O.O=C=O. The van der Waals surface area contributed by atoms with Crippen molar-refractivity contribution in [2.45, 2.75) is 115 Å². The number of hydrogen-bond donors (Lipinski definition) is 17. The van der Waals surface area contributed by atoms with Crippen LogP contribution in [0.3, 0.4) is 0 Å². The number of nitrogens with one attached hydrogen (secondary N) is 6. The summed E-state index contributed by atoms with van der Waals surface area (Å²) in [5.41, 5.74) is 13.4. The number of carbonyl (C=O) groups is 9. The molecule has 460 valence electrons. The molecule has 0 saturated heterocycles. The molecule has 0 fully saturated rings. The van der Waals surface area contributed by atoms with E-state index in [-0.39, 0.29) is 86.1 Å². The molecule has 2 rings (SSSR count). The monoisotopic (exact) mass is 1210 g/mol. The number of urea groups is 3. The summed E-state index contributed by atoms with van der Waals surface area (Å²) in [7, 11) is -4.41. The van der Waals surface area contributed by atoms with Crippen molar-refractivity contribution in [3.8, 4) is 5.75 Å². The molecule has 2 aromatic rings. The van der Waals surface area contributed by atoms with E-state index in [0.29, 0.717) is 51.0 Å². The molecule has 0 spiro atoms. The number of benzene rings is 2. The summed E-state index contributed by atoms with van der Waals surface area (Å²) in [6, 6.07) is 13.0. The molecule has 18 N–H and O–H groups in total. The van der Waals surface area contributed by atoms with Crippen LogP contribution in [0.4, 0.5) is 20.1 Å². The molecule has 2 aromatic carbocycles. The van der Waals surface area contributed by atoms with Crippen LogP contribution in [0.5, 0.6) is 5.75 Å². The van der Waals surface area contributed by atoms with Crippen LogP contribution < -0.4 is 43.4 Å². The summed E-state index contributed by atoms with van der Waals surface area (Å²) in [6.07, 6.45) is 2.62. The first kappa shape index (κ1) is 82.1. The standard InChI is InChI=1S/C14H21N3O3.C14H20N2O4.C9H18N2O3S.C8H14NO8P.3CO2/c1-10(2-7-13(18)19)17-14(20)16-9-8-11-3-5-12(15)6-4-11;1-10(2-7-13(18)19)16-14(20)15-9-8-11-3-5-12(17)6-4-11;1-7(3-4-8(12)13)11-9(14)10-5-2-6-15;9-6(8(14)15)18(16,17)3-4(7(12)13)1-2-5(10)11;3*2-1-3/h3-6,10H,2,7-9,15H2,1H3,(H,18,19)(H2,16,17,20);3-6,10,17H,2,7-9H2,1H3,(H,18,19)(H2,15,16,20);7,15H,2-6H2,1H3,(H,12,13)(H2,10,11,14);4,6H,1-3,9H2,(H,10,11)(H,12,13)(H,14,15)(H,16,17);;;/t2*10-;7-;4-,6?;;;/m1111.../s1. The van der Waals surface area contributed by atoms with E-state index < -0.39 is 67.5 Å².